The molecule has 0 aromatic carbocycles. The lowest BCUT2D eigenvalue weighted by Crippen LogP contribution is -2.20. The summed E-state index contributed by atoms with van der Waals surface area (Å²) in [6, 6.07) is 1.66. The third-order valence-electron chi connectivity index (χ3n) is 1.57. The number of nitrogen functional groups attached to an aromatic ring is 1. The Hall–Kier alpha value is -0.650. The molecule has 0 fully saturated rings. The highest BCUT2D eigenvalue weighted by molar-refractivity contribution is 9.10. The molecule has 5 heteroatoms. The summed E-state index contributed by atoms with van der Waals surface area (Å²) >= 11 is 3.26. The Bertz CT molecular complexity index is 276. The Morgan fingerprint density at radius 1 is 1.58 bits per heavy atom. The van der Waals surface area contributed by atoms with Crippen molar-refractivity contribution in [1.29, 1.82) is 0 Å². The Labute approximate surface area is 79.3 Å². The largest absolute Gasteiger partial charge is 0.383 e. The van der Waals surface area contributed by atoms with Crippen LogP contribution in [0.3, 0.4) is 0 Å². The van der Waals surface area contributed by atoms with Crippen molar-refractivity contribution in [2.45, 2.75) is 6.04 Å². The lowest BCUT2D eigenvalue weighted by atomic mass is 10.1. The maximum Gasteiger partial charge on any atom is 0.137 e. The highest BCUT2D eigenvalue weighted by Gasteiger charge is 2.05. The van der Waals surface area contributed by atoms with Crippen LogP contribution in [0.5, 0.6) is 0 Å². The van der Waals surface area contributed by atoms with Gasteiger partial charge >= 0.3 is 0 Å². The zero-order chi connectivity index (χ0) is 9.14. The Balaban J connectivity index is 2.96. The van der Waals surface area contributed by atoms with E-state index in [2.05, 4.69) is 20.9 Å². The molecule has 0 aliphatic carbocycles. The van der Waals surface area contributed by atoms with E-state index in [1.165, 1.54) is 0 Å². The third kappa shape index (κ3) is 1.94. The quantitative estimate of drug-likeness (QED) is 0.686. The molecule has 0 saturated carbocycles. The van der Waals surface area contributed by atoms with Gasteiger partial charge in [-0.3, -0.25) is 0 Å². The molecule has 0 unspecified atom stereocenters. The van der Waals surface area contributed by atoms with Crippen molar-refractivity contribution >= 4 is 21.7 Å². The number of halogens is 1. The summed E-state index contributed by atoms with van der Waals surface area (Å²) in [4.78, 5) is 3.94. The van der Waals surface area contributed by atoms with Crippen LogP contribution in [0.25, 0.3) is 0 Å². The molecule has 0 aliphatic heterocycles. The summed E-state index contributed by atoms with van der Waals surface area (Å²) in [5, 5.41) is 0. The first-order valence-corrected chi connectivity index (χ1v) is 4.31. The van der Waals surface area contributed by atoms with E-state index in [0.29, 0.717) is 12.4 Å². The fourth-order valence-corrected chi connectivity index (χ4v) is 1.17. The first kappa shape index (κ1) is 9.44. The number of pyridine rings is 1. The SMILES string of the molecule is NC[C@@H](N)c1cnc(N)c(Br)c1. The second-order valence-electron chi connectivity index (χ2n) is 2.48. The summed E-state index contributed by atoms with van der Waals surface area (Å²) in [7, 11) is 0. The minimum Gasteiger partial charge on any atom is -0.383 e. The molecule has 0 aliphatic rings. The Morgan fingerprint density at radius 2 is 2.25 bits per heavy atom. The highest BCUT2D eigenvalue weighted by atomic mass is 79.9. The van der Waals surface area contributed by atoms with E-state index in [1.807, 2.05) is 6.07 Å². The number of hydrogen-bond acceptors (Lipinski definition) is 4. The van der Waals surface area contributed by atoms with Gasteiger partial charge in [-0.15, -0.1) is 0 Å². The number of aromatic nitrogens is 1. The average Bonchev–Trinajstić information content (AvgIpc) is 2.08. The Kier molecular flexibility index (Phi) is 3.02. The monoisotopic (exact) mass is 230 g/mol. The van der Waals surface area contributed by atoms with Crippen LogP contribution in [0.1, 0.15) is 11.6 Å². The molecular weight excluding hydrogens is 220 g/mol. The van der Waals surface area contributed by atoms with Gasteiger partial charge < -0.3 is 17.2 Å². The second kappa shape index (κ2) is 3.84. The minimum atomic E-state index is -0.172. The molecular formula is C7H11BrN4. The molecule has 1 atom stereocenters. The number of hydrogen-bond donors (Lipinski definition) is 3. The number of anilines is 1. The average molecular weight is 231 g/mol. The van der Waals surface area contributed by atoms with Gasteiger partial charge in [-0.1, -0.05) is 0 Å². The van der Waals surface area contributed by atoms with E-state index in [-0.39, 0.29) is 6.04 Å². The molecule has 1 heterocycles. The molecule has 0 amide bonds. The third-order valence-corrected chi connectivity index (χ3v) is 2.21. The molecule has 12 heavy (non-hydrogen) atoms. The molecule has 66 valence electrons. The first-order chi connectivity index (χ1) is 5.65. The standard InChI is InChI=1S/C7H11BrN4/c8-5-1-4(6(10)2-9)3-12-7(5)11/h1,3,6H,2,9-10H2,(H2,11,12)/t6-/m1/s1. The van der Waals surface area contributed by atoms with Crippen LogP contribution in [0.4, 0.5) is 5.82 Å². The van der Waals surface area contributed by atoms with E-state index >= 15 is 0 Å². The van der Waals surface area contributed by atoms with E-state index in [1.54, 1.807) is 6.20 Å². The lowest BCUT2D eigenvalue weighted by Gasteiger charge is -2.09. The molecule has 1 aromatic heterocycles. The summed E-state index contributed by atoms with van der Waals surface area (Å²) in [6.45, 7) is 0.401. The van der Waals surface area contributed by atoms with Crippen molar-refractivity contribution in [2.24, 2.45) is 11.5 Å². The zero-order valence-corrected chi connectivity index (χ0v) is 8.08. The number of rotatable bonds is 2. The number of nitrogens with two attached hydrogens (primary N) is 3. The zero-order valence-electron chi connectivity index (χ0n) is 6.50. The molecule has 0 radical (unpaired) electrons. The maximum atomic E-state index is 5.69. The van der Waals surface area contributed by atoms with Gasteiger partial charge in [-0.05, 0) is 27.6 Å². The van der Waals surface area contributed by atoms with Gasteiger partial charge in [0.05, 0.1) is 4.47 Å². The molecule has 1 aromatic rings. The van der Waals surface area contributed by atoms with Crippen molar-refractivity contribution in [3.63, 3.8) is 0 Å². The summed E-state index contributed by atoms with van der Waals surface area (Å²) < 4.78 is 0.754. The van der Waals surface area contributed by atoms with Gasteiger partial charge in [0, 0.05) is 18.8 Å². The minimum absolute atomic E-state index is 0.172. The van der Waals surface area contributed by atoms with Gasteiger partial charge in [-0.2, -0.15) is 0 Å². The van der Waals surface area contributed by atoms with Gasteiger partial charge in [0.25, 0.3) is 0 Å². The van der Waals surface area contributed by atoms with Crippen LogP contribution in [0.2, 0.25) is 0 Å². The molecule has 0 spiro atoms. The Morgan fingerprint density at radius 3 is 2.75 bits per heavy atom. The lowest BCUT2D eigenvalue weighted by molar-refractivity contribution is 0.733. The molecule has 4 nitrogen and oxygen atoms in total. The van der Waals surface area contributed by atoms with Gasteiger partial charge in [0.2, 0.25) is 0 Å². The van der Waals surface area contributed by atoms with Crippen molar-refractivity contribution in [2.75, 3.05) is 12.3 Å². The van der Waals surface area contributed by atoms with Crippen LogP contribution in [-0.4, -0.2) is 11.5 Å². The summed E-state index contributed by atoms with van der Waals surface area (Å²) in [6.07, 6.45) is 1.64. The van der Waals surface area contributed by atoms with E-state index < -0.39 is 0 Å². The highest BCUT2D eigenvalue weighted by Crippen LogP contribution is 2.20. The van der Waals surface area contributed by atoms with Crippen LogP contribution in [0, 0.1) is 0 Å². The van der Waals surface area contributed by atoms with Gasteiger partial charge in [-0.25, -0.2) is 4.98 Å². The topological polar surface area (TPSA) is 91.0 Å². The predicted molar refractivity (Wildman–Crippen MR) is 52.3 cm³/mol. The maximum absolute atomic E-state index is 5.69. The van der Waals surface area contributed by atoms with Gasteiger partial charge in [0.15, 0.2) is 0 Å². The predicted octanol–water partition coefficient (Wildman–Crippen LogP) is 0.385. The number of nitrogens with zero attached hydrogens (tertiary/aromatic N) is 1. The second-order valence-corrected chi connectivity index (χ2v) is 3.33. The molecule has 6 N–H and O–H groups in total. The van der Waals surface area contributed by atoms with Crippen molar-refractivity contribution in [1.82, 2.24) is 4.98 Å². The fraction of sp³-hybridized carbons (Fsp3) is 0.286. The van der Waals surface area contributed by atoms with E-state index in [9.17, 15) is 0 Å². The van der Waals surface area contributed by atoms with Crippen LogP contribution in [0.15, 0.2) is 16.7 Å². The smallest absolute Gasteiger partial charge is 0.137 e. The van der Waals surface area contributed by atoms with Crippen LogP contribution in [-0.2, 0) is 0 Å². The summed E-state index contributed by atoms with van der Waals surface area (Å²) in [5.41, 5.74) is 17.5. The molecule has 0 saturated heterocycles. The van der Waals surface area contributed by atoms with Crippen LogP contribution >= 0.6 is 15.9 Å². The fourth-order valence-electron chi connectivity index (χ4n) is 0.802. The molecule has 1 rings (SSSR count). The van der Waals surface area contributed by atoms with Crippen molar-refractivity contribution in [3.8, 4) is 0 Å². The summed E-state index contributed by atoms with van der Waals surface area (Å²) in [5.74, 6) is 0.461. The van der Waals surface area contributed by atoms with Gasteiger partial charge in [0.1, 0.15) is 5.82 Å². The van der Waals surface area contributed by atoms with Crippen molar-refractivity contribution < 1.29 is 0 Å². The van der Waals surface area contributed by atoms with E-state index in [4.69, 9.17) is 17.2 Å². The molecule has 0 bridgehead atoms. The van der Waals surface area contributed by atoms with E-state index in [0.717, 1.165) is 10.0 Å². The first-order valence-electron chi connectivity index (χ1n) is 3.51. The van der Waals surface area contributed by atoms with Crippen molar-refractivity contribution in [3.05, 3.63) is 22.3 Å². The normalized spacial score (nSPS) is 12.9. The van der Waals surface area contributed by atoms with Crippen LogP contribution < -0.4 is 17.2 Å².